The number of aromatic nitrogens is 2. The van der Waals surface area contributed by atoms with Crippen molar-refractivity contribution in [3.63, 3.8) is 0 Å². The van der Waals surface area contributed by atoms with Gasteiger partial charge in [-0.25, -0.2) is 4.68 Å². The van der Waals surface area contributed by atoms with Crippen LogP contribution in [-0.2, 0) is 0 Å². The van der Waals surface area contributed by atoms with Crippen LogP contribution in [0.2, 0.25) is 0 Å². The summed E-state index contributed by atoms with van der Waals surface area (Å²) < 4.78 is 6.29. The number of benzene rings is 2. The predicted octanol–water partition coefficient (Wildman–Crippen LogP) is 1.95. The van der Waals surface area contributed by atoms with Crippen molar-refractivity contribution in [1.82, 2.24) is 9.78 Å². The highest BCUT2D eigenvalue weighted by Crippen LogP contribution is 2.25. The quantitative estimate of drug-likeness (QED) is 0.612. The van der Waals surface area contributed by atoms with Gasteiger partial charge >= 0.3 is 0 Å². The summed E-state index contributed by atoms with van der Waals surface area (Å²) in [5.41, 5.74) is 0.447. The highest BCUT2D eigenvalue weighted by atomic mass is 16.5. The van der Waals surface area contributed by atoms with Crippen LogP contribution < -0.4 is 10.3 Å². The number of carbonyl (C=O) groups excluding carboxylic acids is 2. The SMILES string of the molecule is COc1ccc(-n2[nH]c3c(c2=O)C(=O)c2ccccc2C3=O)cc1. The zero-order valence-electron chi connectivity index (χ0n) is 12.7. The number of fused-ring (bicyclic) bond motifs is 2. The van der Waals surface area contributed by atoms with Crippen molar-refractivity contribution in [2.75, 3.05) is 7.11 Å². The van der Waals surface area contributed by atoms with E-state index in [0.717, 1.165) is 0 Å². The number of aromatic amines is 1. The molecular formula is C18H12N2O4. The molecule has 0 fully saturated rings. The number of ether oxygens (including phenoxy) is 1. The first-order valence-corrected chi connectivity index (χ1v) is 7.29. The fourth-order valence-corrected chi connectivity index (χ4v) is 2.87. The molecule has 0 bridgehead atoms. The second kappa shape index (κ2) is 5.06. The Morgan fingerprint density at radius 3 is 2.12 bits per heavy atom. The second-order valence-electron chi connectivity index (χ2n) is 5.40. The van der Waals surface area contributed by atoms with Crippen LogP contribution in [0.15, 0.2) is 53.3 Å². The monoisotopic (exact) mass is 320 g/mol. The van der Waals surface area contributed by atoms with Gasteiger partial charge in [-0.1, -0.05) is 24.3 Å². The number of nitrogens with one attached hydrogen (secondary N) is 1. The van der Waals surface area contributed by atoms with Crippen molar-refractivity contribution in [3.8, 4) is 11.4 Å². The van der Waals surface area contributed by atoms with Gasteiger partial charge in [-0.15, -0.1) is 0 Å². The van der Waals surface area contributed by atoms with Gasteiger partial charge in [-0.3, -0.25) is 19.5 Å². The van der Waals surface area contributed by atoms with E-state index in [2.05, 4.69) is 5.10 Å². The highest BCUT2D eigenvalue weighted by molar-refractivity contribution is 6.27. The van der Waals surface area contributed by atoms with E-state index in [1.165, 1.54) is 4.68 Å². The maximum atomic E-state index is 12.7. The van der Waals surface area contributed by atoms with Gasteiger partial charge in [0.15, 0.2) is 0 Å². The lowest BCUT2D eigenvalue weighted by Crippen LogP contribution is -2.25. The van der Waals surface area contributed by atoms with Crippen LogP contribution in [0.25, 0.3) is 5.69 Å². The predicted molar refractivity (Wildman–Crippen MR) is 86.2 cm³/mol. The van der Waals surface area contributed by atoms with E-state index in [-0.39, 0.29) is 22.6 Å². The van der Waals surface area contributed by atoms with E-state index in [1.807, 2.05) is 0 Å². The molecule has 0 saturated carbocycles. The molecule has 1 N–H and O–H groups in total. The molecule has 0 aliphatic heterocycles. The third-order valence-corrected chi connectivity index (χ3v) is 4.09. The van der Waals surface area contributed by atoms with Crippen LogP contribution in [0.4, 0.5) is 0 Å². The standard InChI is InChI=1S/C18H12N2O4/c1-24-11-8-6-10(7-9-11)20-18(23)14-15(19-20)17(22)13-5-3-2-4-12(13)16(14)21/h2-9,19H,1H3. The summed E-state index contributed by atoms with van der Waals surface area (Å²) in [5, 5.41) is 2.77. The fourth-order valence-electron chi connectivity index (χ4n) is 2.87. The summed E-state index contributed by atoms with van der Waals surface area (Å²) in [6.07, 6.45) is 0. The molecule has 1 aliphatic carbocycles. The first-order valence-electron chi connectivity index (χ1n) is 7.29. The number of carbonyl (C=O) groups is 2. The van der Waals surface area contributed by atoms with E-state index in [1.54, 1.807) is 55.6 Å². The summed E-state index contributed by atoms with van der Waals surface area (Å²) in [5.74, 6) is -0.152. The minimum Gasteiger partial charge on any atom is -0.497 e. The smallest absolute Gasteiger partial charge is 0.283 e. The summed E-state index contributed by atoms with van der Waals surface area (Å²) in [7, 11) is 1.54. The van der Waals surface area contributed by atoms with Crippen molar-refractivity contribution < 1.29 is 14.3 Å². The lowest BCUT2D eigenvalue weighted by atomic mass is 9.88. The molecule has 1 aliphatic rings. The van der Waals surface area contributed by atoms with Gasteiger partial charge in [0.1, 0.15) is 17.0 Å². The zero-order valence-corrected chi connectivity index (χ0v) is 12.7. The van der Waals surface area contributed by atoms with Crippen LogP contribution >= 0.6 is 0 Å². The van der Waals surface area contributed by atoms with Crippen LogP contribution in [0.5, 0.6) is 5.75 Å². The van der Waals surface area contributed by atoms with Crippen LogP contribution in [-0.4, -0.2) is 28.5 Å². The molecule has 0 radical (unpaired) electrons. The number of hydrogen-bond donors (Lipinski definition) is 1. The first kappa shape index (κ1) is 14.2. The summed E-state index contributed by atoms with van der Waals surface area (Å²) in [6, 6.07) is 13.2. The minimum atomic E-state index is -0.539. The number of rotatable bonds is 2. The van der Waals surface area contributed by atoms with Gasteiger partial charge in [-0.2, -0.15) is 0 Å². The van der Waals surface area contributed by atoms with Crippen molar-refractivity contribution in [1.29, 1.82) is 0 Å². The molecule has 118 valence electrons. The fraction of sp³-hybridized carbons (Fsp3) is 0.0556. The Morgan fingerprint density at radius 1 is 0.875 bits per heavy atom. The molecule has 3 aromatic rings. The van der Waals surface area contributed by atoms with E-state index in [4.69, 9.17) is 4.74 Å². The lowest BCUT2D eigenvalue weighted by molar-refractivity contribution is 0.0976. The Labute approximate surface area is 136 Å². The summed E-state index contributed by atoms with van der Waals surface area (Å²) >= 11 is 0. The maximum absolute atomic E-state index is 12.7. The molecule has 1 heterocycles. The average molecular weight is 320 g/mol. The van der Waals surface area contributed by atoms with Crippen molar-refractivity contribution in [2.45, 2.75) is 0 Å². The third-order valence-electron chi connectivity index (χ3n) is 4.09. The number of nitrogens with zero attached hydrogens (tertiary/aromatic N) is 1. The molecule has 0 saturated heterocycles. The molecule has 0 atom stereocenters. The van der Waals surface area contributed by atoms with Gasteiger partial charge in [-0.05, 0) is 24.3 Å². The molecular weight excluding hydrogens is 308 g/mol. The number of methoxy groups -OCH3 is 1. The molecule has 1 aromatic heterocycles. The van der Waals surface area contributed by atoms with Gasteiger partial charge in [0.25, 0.3) is 5.56 Å². The van der Waals surface area contributed by atoms with Crippen molar-refractivity contribution >= 4 is 11.6 Å². The van der Waals surface area contributed by atoms with E-state index in [9.17, 15) is 14.4 Å². The molecule has 2 aromatic carbocycles. The lowest BCUT2D eigenvalue weighted by Gasteiger charge is -2.11. The summed E-state index contributed by atoms with van der Waals surface area (Å²) in [4.78, 5) is 37.9. The van der Waals surface area contributed by atoms with Crippen LogP contribution in [0.3, 0.4) is 0 Å². The molecule has 0 amide bonds. The molecule has 6 heteroatoms. The highest BCUT2D eigenvalue weighted by Gasteiger charge is 2.34. The van der Waals surface area contributed by atoms with Crippen LogP contribution in [0, 0.1) is 0 Å². The van der Waals surface area contributed by atoms with Crippen LogP contribution in [0.1, 0.15) is 32.0 Å². The van der Waals surface area contributed by atoms with Gasteiger partial charge < -0.3 is 4.74 Å². The Morgan fingerprint density at radius 2 is 1.50 bits per heavy atom. The second-order valence-corrected chi connectivity index (χ2v) is 5.40. The van der Waals surface area contributed by atoms with E-state index in [0.29, 0.717) is 17.0 Å². The van der Waals surface area contributed by atoms with E-state index >= 15 is 0 Å². The Bertz CT molecular complexity index is 1040. The largest absolute Gasteiger partial charge is 0.497 e. The zero-order chi connectivity index (χ0) is 16.8. The van der Waals surface area contributed by atoms with Gasteiger partial charge in [0, 0.05) is 11.1 Å². The maximum Gasteiger partial charge on any atom is 0.283 e. The Kier molecular flexibility index (Phi) is 2.99. The van der Waals surface area contributed by atoms with Gasteiger partial charge in [0.05, 0.1) is 12.8 Å². The average Bonchev–Trinajstić information content (AvgIpc) is 2.97. The minimum absolute atomic E-state index is 0.0273. The molecule has 0 unspecified atom stereocenters. The molecule has 0 spiro atoms. The molecule has 4 rings (SSSR count). The third kappa shape index (κ3) is 1.86. The summed E-state index contributed by atoms with van der Waals surface area (Å²) in [6.45, 7) is 0. The van der Waals surface area contributed by atoms with Crippen molar-refractivity contribution in [3.05, 3.63) is 81.3 Å². The topological polar surface area (TPSA) is 81.2 Å². The number of H-pyrrole nitrogens is 1. The van der Waals surface area contributed by atoms with Gasteiger partial charge in [0.2, 0.25) is 11.6 Å². The normalized spacial score (nSPS) is 12.7. The molecule has 6 nitrogen and oxygen atoms in total. The Hall–Kier alpha value is -3.41. The molecule has 24 heavy (non-hydrogen) atoms. The Balaban J connectivity index is 1.91. The van der Waals surface area contributed by atoms with E-state index < -0.39 is 11.3 Å². The van der Waals surface area contributed by atoms with Crippen molar-refractivity contribution in [2.24, 2.45) is 0 Å². The first-order chi connectivity index (χ1) is 11.6. The number of hydrogen-bond acceptors (Lipinski definition) is 4. The number of ketones is 2.